The number of rotatable bonds is 8. The second-order valence-corrected chi connectivity index (χ2v) is 12.2. The number of carbonyl (C=O) groups is 2. The minimum Gasteiger partial charge on any atom is -0.383 e. The predicted molar refractivity (Wildman–Crippen MR) is 147 cm³/mol. The number of hydrogen-bond acceptors (Lipinski definition) is 6. The number of nitrogens with zero attached hydrogens (tertiary/aromatic N) is 3. The molecule has 2 aliphatic heterocycles. The predicted octanol–water partition coefficient (Wildman–Crippen LogP) is 2.68. The van der Waals surface area contributed by atoms with E-state index < -0.39 is 27.1 Å². The lowest BCUT2D eigenvalue weighted by atomic mass is 10.0. The molecule has 0 saturated carbocycles. The van der Waals surface area contributed by atoms with E-state index in [-0.39, 0.29) is 30.9 Å². The number of anilines is 1. The lowest BCUT2D eigenvalue weighted by Crippen LogP contribution is -2.60. The van der Waals surface area contributed by atoms with Crippen molar-refractivity contribution in [3.63, 3.8) is 0 Å². The molecule has 2 fully saturated rings. The standard InChI is InChI=1S/C28H37FN4O5S/c1-20-9-12-27(22-7-5-4-6-8-22)39(36,37)33(20)18-23-10-11-24(17-25(23)29)31-14-15-32(21(2)34)26(19-31)28(35)30-13-16-38-3/h4-8,10-11,17,20,26-27H,9,12-16,18-19H2,1-3H3,(H,30,35)/t20-,26?,27?/m0/s1. The molecule has 0 bridgehead atoms. The number of hydrogen-bond donors (Lipinski definition) is 1. The molecule has 9 nitrogen and oxygen atoms in total. The molecule has 2 unspecified atom stereocenters. The number of piperazine rings is 1. The largest absolute Gasteiger partial charge is 0.383 e. The Morgan fingerprint density at radius 3 is 2.51 bits per heavy atom. The third-order valence-electron chi connectivity index (χ3n) is 7.62. The molecule has 212 valence electrons. The molecule has 0 radical (unpaired) electrons. The third kappa shape index (κ3) is 6.42. The van der Waals surface area contributed by atoms with Crippen LogP contribution in [0.25, 0.3) is 0 Å². The quantitative estimate of drug-likeness (QED) is 0.499. The Labute approximate surface area is 230 Å². The van der Waals surface area contributed by atoms with Crippen molar-refractivity contribution in [1.29, 1.82) is 0 Å². The van der Waals surface area contributed by atoms with Crippen molar-refractivity contribution < 1.29 is 27.1 Å². The van der Waals surface area contributed by atoms with E-state index in [4.69, 9.17) is 4.74 Å². The van der Waals surface area contributed by atoms with Crippen molar-refractivity contribution in [3.05, 3.63) is 65.5 Å². The topological polar surface area (TPSA) is 99.3 Å². The van der Waals surface area contributed by atoms with Crippen LogP contribution >= 0.6 is 0 Å². The number of nitrogens with one attached hydrogen (secondary N) is 1. The maximum absolute atomic E-state index is 15.4. The number of sulfonamides is 1. The van der Waals surface area contributed by atoms with Crippen molar-refractivity contribution in [2.45, 2.75) is 50.6 Å². The van der Waals surface area contributed by atoms with Crippen molar-refractivity contribution >= 4 is 27.5 Å². The van der Waals surface area contributed by atoms with E-state index in [9.17, 15) is 18.0 Å². The third-order valence-corrected chi connectivity index (χ3v) is 9.99. The summed E-state index contributed by atoms with van der Waals surface area (Å²) < 4.78 is 48.9. The van der Waals surface area contributed by atoms with Gasteiger partial charge in [0.15, 0.2) is 0 Å². The van der Waals surface area contributed by atoms with Crippen LogP contribution in [0.5, 0.6) is 0 Å². The number of amides is 2. The molecule has 0 aliphatic carbocycles. The zero-order valence-corrected chi connectivity index (χ0v) is 23.5. The van der Waals surface area contributed by atoms with Crippen LogP contribution in [0.4, 0.5) is 10.1 Å². The van der Waals surface area contributed by atoms with E-state index in [2.05, 4.69) is 5.32 Å². The summed E-state index contributed by atoms with van der Waals surface area (Å²) in [4.78, 5) is 28.4. The van der Waals surface area contributed by atoms with E-state index in [1.165, 1.54) is 29.3 Å². The lowest BCUT2D eigenvalue weighted by Gasteiger charge is -2.41. The first-order chi connectivity index (χ1) is 18.6. The van der Waals surface area contributed by atoms with E-state index in [1.807, 2.05) is 42.2 Å². The molecular formula is C28H37FN4O5S. The van der Waals surface area contributed by atoms with Gasteiger partial charge in [0.25, 0.3) is 0 Å². The zero-order valence-electron chi connectivity index (χ0n) is 22.7. The molecule has 2 saturated heterocycles. The summed E-state index contributed by atoms with van der Waals surface area (Å²) >= 11 is 0. The number of ether oxygens (including phenoxy) is 1. The Morgan fingerprint density at radius 1 is 1.10 bits per heavy atom. The van der Waals surface area contributed by atoms with Crippen LogP contribution in [-0.2, 0) is 30.9 Å². The number of carbonyl (C=O) groups excluding carboxylic acids is 2. The zero-order chi connectivity index (χ0) is 28.2. The van der Waals surface area contributed by atoms with Gasteiger partial charge in [0.05, 0.1) is 6.61 Å². The first-order valence-electron chi connectivity index (χ1n) is 13.3. The summed E-state index contributed by atoms with van der Waals surface area (Å²) in [6, 6.07) is 12.9. The highest BCUT2D eigenvalue weighted by Gasteiger charge is 2.41. The fourth-order valence-electron chi connectivity index (χ4n) is 5.39. The van der Waals surface area contributed by atoms with E-state index >= 15 is 4.39 Å². The average Bonchev–Trinajstić information content (AvgIpc) is 2.91. The normalized spacial score (nSPS) is 23.4. The maximum atomic E-state index is 15.4. The Hall–Kier alpha value is -3.02. The molecule has 1 N–H and O–H groups in total. The van der Waals surface area contributed by atoms with Crippen LogP contribution in [0.3, 0.4) is 0 Å². The SMILES string of the molecule is COCCNC(=O)C1CN(c2ccc(CN3[C@@H](C)CCC(c4ccccc4)S3(=O)=O)c(F)c2)CCN1C(C)=O. The first-order valence-corrected chi connectivity index (χ1v) is 14.8. The smallest absolute Gasteiger partial charge is 0.244 e. The maximum Gasteiger partial charge on any atom is 0.244 e. The molecule has 2 aliphatic rings. The van der Waals surface area contributed by atoms with Crippen molar-refractivity contribution in [2.24, 2.45) is 0 Å². The van der Waals surface area contributed by atoms with Crippen molar-refractivity contribution in [2.75, 3.05) is 44.8 Å². The molecule has 2 aromatic carbocycles. The van der Waals surface area contributed by atoms with Gasteiger partial charge in [0, 0.05) is 64.0 Å². The first kappa shape index (κ1) is 29.0. The van der Waals surface area contributed by atoms with E-state index in [0.717, 1.165) is 5.56 Å². The summed E-state index contributed by atoms with van der Waals surface area (Å²) in [5.74, 6) is -0.998. The molecule has 39 heavy (non-hydrogen) atoms. The highest BCUT2D eigenvalue weighted by molar-refractivity contribution is 7.89. The molecule has 4 rings (SSSR count). The van der Waals surface area contributed by atoms with E-state index in [1.54, 1.807) is 12.1 Å². The Kier molecular flexibility index (Phi) is 9.24. The molecule has 11 heteroatoms. The molecule has 2 aromatic rings. The van der Waals surface area contributed by atoms with Crippen molar-refractivity contribution in [1.82, 2.24) is 14.5 Å². The Morgan fingerprint density at radius 2 is 1.85 bits per heavy atom. The van der Waals surface area contributed by atoms with Gasteiger partial charge in [-0.25, -0.2) is 12.8 Å². The summed E-state index contributed by atoms with van der Waals surface area (Å²) in [5.41, 5.74) is 1.61. The summed E-state index contributed by atoms with van der Waals surface area (Å²) in [5, 5.41) is 2.13. The monoisotopic (exact) mass is 560 g/mol. The van der Waals surface area contributed by atoms with Gasteiger partial charge in [0.2, 0.25) is 21.8 Å². The fraction of sp³-hybridized carbons (Fsp3) is 0.500. The second-order valence-electron chi connectivity index (χ2n) is 10.1. The summed E-state index contributed by atoms with van der Waals surface area (Å²) in [6.07, 6.45) is 1.21. The van der Waals surface area contributed by atoms with Crippen LogP contribution in [-0.4, -0.2) is 81.4 Å². The van der Waals surface area contributed by atoms with Gasteiger partial charge in [0.1, 0.15) is 17.1 Å². The van der Waals surface area contributed by atoms with Crippen LogP contribution in [0.1, 0.15) is 43.1 Å². The van der Waals surface area contributed by atoms with Gasteiger partial charge < -0.3 is 19.9 Å². The Bertz CT molecular complexity index is 1280. The summed E-state index contributed by atoms with van der Waals surface area (Å²) in [7, 11) is -2.15. The van der Waals surface area contributed by atoms with Crippen LogP contribution in [0.2, 0.25) is 0 Å². The van der Waals surface area contributed by atoms with Crippen LogP contribution in [0, 0.1) is 5.82 Å². The average molecular weight is 561 g/mol. The fourth-order valence-corrected chi connectivity index (χ4v) is 7.58. The molecule has 2 amide bonds. The van der Waals surface area contributed by atoms with Gasteiger partial charge in [-0.1, -0.05) is 36.4 Å². The second kappa shape index (κ2) is 12.4. The van der Waals surface area contributed by atoms with Crippen molar-refractivity contribution in [3.8, 4) is 0 Å². The minimum atomic E-state index is -3.69. The number of benzene rings is 2. The lowest BCUT2D eigenvalue weighted by molar-refractivity contribution is -0.139. The van der Waals surface area contributed by atoms with Crippen LogP contribution in [0.15, 0.2) is 48.5 Å². The molecule has 3 atom stereocenters. The summed E-state index contributed by atoms with van der Waals surface area (Å²) in [6.45, 7) is 4.89. The molecule has 0 aromatic heterocycles. The number of methoxy groups -OCH3 is 1. The van der Waals surface area contributed by atoms with Gasteiger partial charge in [-0.05, 0) is 37.5 Å². The van der Waals surface area contributed by atoms with Gasteiger partial charge >= 0.3 is 0 Å². The Balaban J connectivity index is 1.50. The molecule has 0 spiro atoms. The molecule has 2 heterocycles. The highest BCUT2D eigenvalue weighted by atomic mass is 32.2. The van der Waals surface area contributed by atoms with Gasteiger partial charge in [-0.3, -0.25) is 9.59 Å². The highest BCUT2D eigenvalue weighted by Crippen LogP contribution is 2.38. The van der Waals surface area contributed by atoms with Gasteiger partial charge in [-0.15, -0.1) is 0 Å². The van der Waals surface area contributed by atoms with Crippen LogP contribution < -0.4 is 10.2 Å². The van der Waals surface area contributed by atoms with E-state index in [0.29, 0.717) is 50.3 Å². The minimum absolute atomic E-state index is 0.0540. The van der Waals surface area contributed by atoms with Gasteiger partial charge in [-0.2, -0.15) is 4.31 Å². The number of halogens is 1. The molecular weight excluding hydrogens is 523 g/mol.